The van der Waals surface area contributed by atoms with E-state index in [1.807, 2.05) is 4.90 Å². The summed E-state index contributed by atoms with van der Waals surface area (Å²) < 4.78 is 44.9. The number of fused-ring (bicyclic) bond motifs is 1. The lowest BCUT2D eigenvalue weighted by molar-refractivity contribution is -0.168. The van der Waals surface area contributed by atoms with Crippen molar-refractivity contribution in [2.45, 2.75) is 51.5 Å². The Balaban J connectivity index is 1.30. The summed E-state index contributed by atoms with van der Waals surface area (Å²) in [7, 11) is 0. The summed E-state index contributed by atoms with van der Waals surface area (Å²) in [5.74, 6) is -4.56. The average Bonchev–Trinajstić information content (AvgIpc) is 3.35. The molecule has 0 saturated carbocycles. The molecule has 1 aromatic carbocycles. The molecule has 3 aliphatic heterocycles. The number of hydrogen-bond acceptors (Lipinski definition) is 12. The highest BCUT2D eigenvalue weighted by Crippen LogP contribution is 2.36. The fourth-order valence-electron chi connectivity index (χ4n) is 5.49. The lowest BCUT2D eigenvalue weighted by Crippen LogP contribution is -2.65. The molecule has 16 heteroatoms. The Morgan fingerprint density at radius 2 is 1.83 bits per heavy atom. The fraction of sp³-hybridized carbons (Fsp3) is 0.438. The summed E-state index contributed by atoms with van der Waals surface area (Å²) >= 11 is 5.79. The first-order chi connectivity index (χ1) is 22.7. The molecule has 0 amide bonds. The Hall–Kier alpha value is -4.63. The van der Waals surface area contributed by atoms with Crippen LogP contribution in [0.3, 0.4) is 0 Å². The van der Waals surface area contributed by atoms with Crippen molar-refractivity contribution in [3.63, 3.8) is 0 Å². The van der Waals surface area contributed by atoms with Gasteiger partial charge in [0.1, 0.15) is 29.9 Å². The number of ether oxygens (including phenoxy) is 3. The van der Waals surface area contributed by atoms with Crippen LogP contribution in [-0.4, -0.2) is 105 Å². The number of piperazine rings is 1. The maximum absolute atomic E-state index is 14.5. The number of aliphatic carboxylic acids is 1. The molecule has 0 spiro atoms. The van der Waals surface area contributed by atoms with Gasteiger partial charge in [0.2, 0.25) is 11.8 Å². The molecule has 0 bridgehead atoms. The topological polar surface area (TPSA) is 147 Å². The van der Waals surface area contributed by atoms with Crippen molar-refractivity contribution >= 4 is 41.3 Å². The Morgan fingerprint density at radius 3 is 2.48 bits per heavy atom. The van der Waals surface area contributed by atoms with Crippen molar-refractivity contribution in [2.75, 3.05) is 44.2 Å². The van der Waals surface area contributed by atoms with Gasteiger partial charge in [0.25, 0.3) is 11.4 Å². The molecular weight excluding hydrogens is 654 g/mol. The van der Waals surface area contributed by atoms with Crippen LogP contribution in [0.4, 0.5) is 14.7 Å². The van der Waals surface area contributed by atoms with Gasteiger partial charge in [0, 0.05) is 49.5 Å². The third-order valence-electron chi connectivity index (χ3n) is 7.79. The second-order valence-electron chi connectivity index (χ2n) is 12.2. The zero-order valence-electron chi connectivity index (χ0n) is 26.8. The maximum atomic E-state index is 14.5. The van der Waals surface area contributed by atoms with Gasteiger partial charge in [-0.05, 0) is 52.0 Å². The van der Waals surface area contributed by atoms with E-state index in [1.165, 1.54) is 35.4 Å². The molecule has 4 heterocycles. The quantitative estimate of drug-likeness (QED) is 0.288. The Morgan fingerprint density at radius 1 is 1.10 bits per heavy atom. The number of anilines is 1. The van der Waals surface area contributed by atoms with Crippen LogP contribution in [0.25, 0.3) is 0 Å². The largest absolute Gasteiger partial charge is 0.479 e. The summed E-state index contributed by atoms with van der Waals surface area (Å²) in [5.41, 5.74) is -2.86. The van der Waals surface area contributed by atoms with E-state index >= 15 is 0 Å². The number of carbonyl (C=O) groups is 3. The average molecular weight is 689 g/mol. The number of carbonyl (C=O) groups excluding carboxylic acids is 2. The van der Waals surface area contributed by atoms with Crippen LogP contribution in [0.2, 0.25) is 5.02 Å². The standard InChI is InChI=1S/C32H35ClF2N6O7/c1-5-46-29(45)32(28(43)44)24(37-25-9-7-19(16-41(25)32)27(42)48-31(2,3)4)17-39-10-12-40(13-11-39)30-36-15-23(35)26(38-30)47-18-20-6-8-21(33)14-22(20)34/h6-9,14-16,24H,5,10-13,17-18H2,1-4H3,(H,43,44). The predicted octanol–water partition coefficient (Wildman–Crippen LogP) is 3.37. The molecule has 2 atom stereocenters. The van der Waals surface area contributed by atoms with E-state index in [2.05, 4.69) is 15.0 Å². The van der Waals surface area contributed by atoms with E-state index in [0.29, 0.717) is 26.2 Å². The maximum Gasteiger partial charge on any atom is 0.346 e. The van der Waals surface area contributed by atoms with E-state index in [0.717, 1.165) is 12.3 Å². The van der Waals surface area contributed by atoms with Gasteiger partial charge in [-0.25, -0.2) is 23.8 Å². The number of benzene rings is 1. The molecule has 2 aromatic rings. The SMILES string of the molecule is CCOC(=O)C1(C(=O)O)C(CN2CCN(c3ncc(F)c(OCc4ccc(Cl)cc4F)n3)CC2)N=C2C=CC(C(=O)OC(C)(C)C)=CN21. The number of amidine groups is 1. The zero-order chi connectivity index (χ0) is 34.8. The first-order valence-electron chi connectivity index (χ1n) is 15.2. The number of rotatable bonds is 10. The number of hydrogen-bond donors (Lipinski definition) is 1. The molecule has 0 aliphatic carbocycles. The van der Waals surface area contributed by atoms with E-state index < -0.39 is 46.7 Å². The summed E-state index contributed by atoms with van der Waals surface area (Å²) in [4.78, 5) is 57.2. The molecule has 2 unspecified atom stereocenters. The van der Waals surface area contributed by atoms with Gasteiger partial charge in [-0.1, -0.05) is 17.7 Å². The van der Waals surface area contributed by atoms with Gasteiger partial charge >= 0.3 is 17.9 Å². The third-order valence-corrected chi connectivity index (χ3v) is 8.02. The number of esters is 2. The van der Waals surface area contributed by atoms with Gasteiger partial charge in [-0.15, -0.1) is 0 Å². The molecule has 13 nitrogen and oxygen atoms in total. The molecule has 0 radical (unpaired) electrons. The van der Waals surface area contributed by atoms with E-state index in [-0.39, 0.29) is 53.6 Å². The fourth-order valence-corrected chi connectivity index (χ4v) is 5.65. The van der Waals surface area contributed by atoms with Crippen LogP contribution in [0, 0.1) is 11.6 Å². The summed E-state index contributed by atoms with van der Waals surface area (Å²) in [6.45, 7) is 7.92. The normalized spacial score (nSPS) is 20.9. The lowest BCUT2D eigenvalue weighted by atomic mass is 9.88. The van der Waals surface area contributed by atoms with Crippen LogP contribution in [0.15, 0.2) is 53.3 Å². The molecule has 1 N–H and O–H groups in total. The van der Waals surface area contributed by atoms with Gasteiger partial charge in [0.15, 0.2) is 0 Å². The minimum Gasteiger partial charge on any atom is -0.479 e. The van der Waals surface area contributed by atoms with Crippen molar-refractivity contribution in [1.82, 2.24) is 19.8 Å². The first-order valence-corrected chi connectivity index (χ1v) is 15.6. The molecule has 1 aromatic heterocycles. The summed E-state index contributed by atoms with van der Waals surface area (Å²) in [5, 5.41) is 10.8. The predicted molar refractivity (Wildman–Crippen MR) is 170 cm³/mol. The van der Waals surface area contributed by atoms with E-state index in [1.54, 1.807) is 32.6 Å². The monoisotopic (exact) mass is 688 g/mol. The summed E-state index contributed by atoms with van der Waals surface area (Å²) in [6, 6.07) is 2.96. The van der Waals surface area contributed by atoms with Crippen molar-refractivity contribution in [3.8, 4) is 5.88 Å². The molecule has 48 heavy (non-hydrogen) atoms. The smallest absolute Gasteiger partial charge is 0.346 e. The Labute approximate surface area is 280 Å². The van der Waals surface area contributed by atoms with Crippen LogP contribution in [0.5, 0.6) is 5.88 Å². The number of aromatic nitrogens is 2. The van der Waals surface area contributed by atoms with Crippen LogP contribution >= 0.6 is 11.6 Å². The molecular formula is C32H35ClF2N6O7. The number of halogens is 3. The van der Waals surface area contributed by atoms with E-state index in [4.69, 9.17) is 25.8 Å². The highest BCUT2D eigenvalue weighted by Gasteiger charge is 2.63. The van der Waals surface area contributed by atoms with Gasteiger partial charge in [-0.2, -0.15) is 9.37 Å². The minimum absolute atomic E-state index is 0.0500. The molecule has 3 aliphatic rings. The second-order valence-corrected chi connectivity index (χ2v) is 12.7. The van der Waals surface area contributed by atoms with Crippen LogP contribution in [-0.2, 0) is 30.5 Å². The molecule has 1 fully saturated rings. The van der Waals surface area contributed by atoms with Gasteiger partial charge in [-0.3, -0.25) is 9.89 Å². The number of carboxylic acids is 1. The Kier molecular flexibility index (Phi) is 10.0. The van der Waals surface area contributed by atoms with Gasteiger partial charge < -0.3 is 29.1 Å². The second kappa shape index (κ2) is 13.8. The zero-order valence-corrected chi connectivity index (χ0v) is 27.5. The molecule has 1 saturated heterocycles. The molecule has 256 valence electrons. The van der Waals surface area contributed by atoms with Crippen LogP contribution < -0.4 is 9.64 Å². The van der Waals surface area contributed by atoms with Crippen LogP contribution in [0.1, 0.15) is 33.3 Å². The number of aliphatic imine (C=N–C) groups is 1. The van der Waals surface area contributed by atoms with Crippen molar-refractivity contribution in [2.24, 2.45) is 4.99 Å². The van der Waals surface area contributed by atoms with Crippen molar-refractivity contribution in [1.29, 1.82) is 0 Å². The van der Waals surface area contributed by atoms with Crippen molar-refractivity contribution in [3.05, 3.63) is 70.5 Å². The highest BCUT2D eigenvalue weighted by atomic mass is 35.5. The lowest BCUT2D eigenvalue weighted by Gasteiger charge is -2.39. The highest BCUT2D eigenvalue weighted by molar-refractivity contribution is 6.30. The number of carboxylic acid groups (broad SMARTS) is 1. The Bertz CT molecular complexity index is 1690. The molecule has 5 rings (SSSR count). The number of nitrogens with zero attached hydrogens (tertiary/aromatic N) is 6. The van der Waals surface area contributed by atoms with Gasteiger partial charge in [0.05, 0.1) is 18.4 Å². The minimum atomic E-state index is -2.28. The van der Waals surface area contributed by atoms with Crippen molar-refractivity contribution < 1.29 is 42.5 Å². The first kappa shape index (κ1) is 34.7. The summed E-state index contributed by atoms with van der Waals surface area (Å²) in [6.07, 6.45) is 5.18. The van der Waals surface area contributed by atoms with E-state index in [9.17, 15) is 28.3 Å². The third kappa shape index (κ3) is 7.11.